The second-order valence-electron chi connectivity index (χ2n) is 48.6. The van der Waals surface area contributed by atoms with Crippen molar-refractivity contribution in [3.63, 3.8) is 0 Å². The van der Waals surface area contributed by atoms with E-state index in [-0.39, 0.29) is 74.4 Å². The summed E-state index contributed by atoms with van der Waals surface area (Å²) < 4.78 is 86.1. The van der Waals surface area contributed by atoms with E-state index in [1.807, 2.05) is 41.5 Å². The van der Waals surface area contributed by atoms with Crippen LogP contribution in [-0.4, -0.2) is 435 Å². The van der Waals surface area contributed by atoms with Crippen molar-refractivity contribution in [1.29, 1.82) is 0 Å². The fourth-order valence-corrected chi connectivity index (χ4v) is 31.1. The number of ether oxygens (including phenoxy) is 14. The predicted molar refractivity (Wildman–Crippen MR) is 500 cm³/mol. The number of hydrogen-bond acceptors (Lipinski definition) is 41. The van der Waals surface area contributed by atoms with E-state index >= 15 is 0 Å². The molecular weight excluding hydrogens is 1880 g/mol. The Balaban J connectivity index is 0.000000230. The van der Waals surface area contributed by atoms with E-state index < -0.39 is 313 Å². The lowest BCUT2D eigenvalue weighted by molar-refractivity contribution is -0.378. The molecule has 41 nitrogen and oxygen atoms in total. The first-order chi connectivity index (χ1) is 66.9. The van der Waals surface area contributed by atoms with Gasteiger partial charge in [0.15, 0.2) is 44.0 Å². The Hall–Kier alpha value is -2.16. The first-order valence-electron chi connectivity index (χ1n) is 52.3. The Morgan fingerprint density at radius 2 is 0.566 bits per heavy atom. The molecule has 7 saturated heterocycles. The van der Waals surface area contributed by atoms with Gasteiger partial charge in [0, 0.05) is 0 Å². The van der Waals surface area contributed by atoms with Crippen LogP contribution in [0.2, 0.25) is 0 Å². The van der Waals surface area contributed by atoms with Gasteiger partial charge < -0.3 is 204 Å². The molecule has 0 aromatic carbocycles. The third kappa shape index (κ3) is 20.9. The second kappa shape index (κ2) is 44.6. The molecule has 15 rings (SSSR count). The Bertz CT molecular complexity index is 4180. The number of aliphatic hydroxyl groups is 27. The number of rotatable bonds is 29. The van der Waals surface area contributed by atoms with Gasteiger partial charge in [-0.05, 0) is 248 Å². The van der Waals surface area contributed by atoms with Gasteiger partial charge in [-0.15, -0.1) is 0 Å². The highest BCUT2D eigenvalue weighted by atomic mass is 16.8. The highest BCUT2D eigenvalue weighted by molar-refractivity contribution is 5.24. The third-order valence-corrected chi connectivity index (χ3v) is 39.7. The van der Waals surface area contributed by atoms with Gasteiger partial charge >= 0.3 is 0 Å². The van der Waals surface area contributed by atoms with Crippen molar-refractivity contribution in [2.45, 2.75) is 477 Å². The summed E-state index contributed by atoms with van der Waals surface area (Å²) in [7, 11) is 0. The maximum atomic E-state index is 12.8. The molecule has 41 heteroatoms. The molecule has 0 spiro atoms. The van der Waals surface area contributed by atoms with Crippen LogP contribution in [0.5, 0.6) is 0 Å². The van der Waals surface area contributed by atoms with Crippen LogP contribution >= 0.6 is 0 Å². The molecule has 15 fully saturated rings. The summed E-state index contributed by atoms with van der Waals surface area (Å²) in [6.45, 7) is 30.1. The van der Waals surface area contributed by atoms with E-state index in [1.54, 1.807) is 0 Å². The average molecular weight is 2060 g/mol. The molecule has 8 aliphatic carbocycles. The molecule has 143 heavy (non-hydrogen) atoms. The minimum absolute atomic E-state index is 0.0374. The van der Waals surface area contributed by atoms with E-state index in [0.29, 0.717) is 64.2 Å². The first kappa shape index (κ1) is 116. The van der Waals surface area contributed by atoms with Crippen LogP contribution < -0.4 is 0 Å². The van der Waals surface area contributed by atoms with Crippen molar-refractivity contribution >= 4 is 0 Å². The van der Waals surface area contributed by atoms with Gasteiger partial charge in [0.1, 0.15) is 171 Å². The molecule has 27 N–H and O–H groups in total. The maximum Gasteiger partial charge on any atom is 0.187 e. The molecule has 8 saturated carbocycles. The average Bonchev–Trinajstić information content (AvgIpc) is 1.23. The van der Waals surface area contributed by atoms with Gasteiger partial charge in [-0.25, -0.2) is 0 Å². The van der Waals surface area contributed by atoms with Crippen molar-refractivity contribution < 1.29 is 204 Å². The zero-order valence-corrected chi connectivity index (χ0v) is 85.8. The Kier molecular flexibility index (Phi) is 36.3. The van der Waals surface area contributed by atoms with Crippen LogP contribution in [0.25, 0.3) is 0 Å². The van der Waals surface area contributed by atoms with Crippen LogP contribution in [-0.2, 0) is 66.3 Å². The largest absolute Gasteiger partial charge is 0.394 e. The van der Waals surface area contributed by atoms with E-state index in [2.05, 4.69) is 81.4 Å². The summed E-state index contributed by atoms with van der Waals surface area (Å²) in [4.78, 5) is 0. The minimum Gasteiger partial charge on any atom is -0.394 e. The molecule has 55 atom stereocenters. The predicted octanol–water partition coefficient (Wildman–Crippen LogP) is -2.23. The van der Waals surface area contributed by atoms with E-state index in [1.165, 1.54) is 0 Å². The fourth-order valence-electron chi connectivity index (χ4n) is 31.1. The molecule has 0 bridgehead atoms. The fraction of sp³-hybridized carbons (Fsp3) is 0.961. The monoisotopic (exact) mass is 2060 g/mol. The number of fused-ring (bicyclic) bond motifs is 10. The first-order valence-corrected chi connectivity index (χ1v) is 52.3. The van der Waals surface area contributed by atoms with Gasteiger partial charge in [0.05, 0.1) is 81.9 Å². The Labute approximate surface area is 837 Å². The molecule has 0 aromatic rings. The molecule has 0 aromatic heterocycles. The number of hydrogen-bond donors (Lipinski definition) is 27. The van der Waals surface area contributed by atoms with Crippen LogP contribution in [0.15, 0.2) is 23.3 Å². The summed E-state index contributed by atoms with van der Waals surface area (Å²) in [5.74, 6) is -0.626. The van der Waals surface area contributed by atoms with Crippen molar-refractivity contribution in [2.75, 3.05) is 46.2 Å². The van der Waals surface area contributed by atoms with Crippen molar-refractivity contribution in [2.24, 2.45) is 90.7 Å². The lowest BCUT2D eigenvalue weighted by Gasteiger charge is -2.71. The van der Waals surface area contributed by atoms with Gasteiger partial charge in [-0.3, -0.25) is 0 Å². The summed E-state index contributed by atoms with van der Waals surface area (Å²) >= 11 is 0. The number of allylic oxidation sites excluding steroid dienone is 4. The minimum atomic E-state index is -1.82. The lowest BCUT2D eigenvalue weighted by atomic mass is 9.35. The van der Waals surface area contributed by atoms with Crippen LogP contribution in [0.4, 0.5) is 0 Å². The molecule has 0 radical (unpaired) electrons. The smallest absolute Gasteiger partial charge is 0.187 e. The molecule has 7 heterocycles. The summed E-state index contributed by atoms with van der Waals surface area (Å²) in [6.07, 6.45) is -40.6. The van der Waals surface area contributed by atoms with Crippen molar-refractivity contribution in [3.05, 3.63) is 23.3 Å². The quantitative estimate of drug-likeness (QED) is 0.0278. The second-order valence-corrected chi connectivity index (χ2v) is 48.6. The molecular formula is C102H174O41. The van der Waals surface area contributed by atoms with Crippen molar-refractivity contribution in [1.82, 2.24) is 0 Å². The van der Waals surface area contributed by atoms with Gasteiger partial charge in [-0.2, -0.15) is 0 Å². The molecule has 15 aliphatic rings. The zero-order chi connectivity index (χ0) is 105. The maximum absolute atomic E-state index is 12.8. The Morgan fingerprint density at radius 1 is 0.294 bits per heavy atom. The van der Waals surface area contributed by atoms with Gasteiger partial charge in [0.2, 0.25) is 0 Å². The summed E-state index contributed by atoms with van der Waals surface area (Å²) in [5, 5.41) is 291. The van der Waals surface area contributed by atoms with Crippen LogP contribution in [0.1, 0.15) is 226 Å². The standard InChI is InChI=1S/C54H92O23.C48H82O18/c1-23(2)10-9-14-54(8,77-48-44(69)40(65)37(62)29(74-48)22-70-46-42(67)38(63)34(59)26(19-55)71-46)24-11-16-53(7)33(24)25(58)18-31-51(5)15-13-32(50(3,4)30(51)12-17-52(31,53)6)75-49-45(41(66)36(61)28(21-57)73-49)76-47-43(68)39(64)35(60)27(20-56)72-47;1-22(2)10-9-14-48(8,66-42-39(60)36(57)33(54)26(20-50)62-42)23-11-16-47(7)31(23)24(52)18-29-45(5)15-13-30(44(3,4)28(45)12-17-46(29,47)6)64-43-40(37(58)34(55)27(21-51)63-43)65-41-38(59)35(56)32(53)25(19-49)61-41/h10,24-49,55-69H,9,11-22H2,1-8H3;10,23-43,49-60H,9,11-21H2,1-8H3/t24-,25+,26+,27+,28+,29+,30-,31+,32-,33-,34+,35+,36+,37+,38-,39-,40-,41-,42+,43+,44+,45+,46+,47-,48-,49-,51-,52+,53+,54-;23-,24+,25+,26+,27+,28-,29+,30-,31-,32+,33+,34+,35-,36-,37-,38+,39+,40+,41-,42-,43-,45-,46+,47+,48-/m00/s1. The Morgan fingerprint density at radius 3 is 0.888 bits per heavy atom. The van der Waals surface area contributed by atoms with Crippen molar-refractivity contribution in [3.8, 4) is 0 Å². The normalized spacial score (nSPS) is 52.5. The highest BCUT2D eigenvalue weighted by Gasteiger charge is 2.76. The molecule has 0 amide bonds. The van der Waals surface area contributed by atoms with E-state index in [4.69, 9.17) is 66.3 Å². The van der Waals surface area contributed by atoms with Crippen LogP contribution in [0, 0.1) is 90.7 Å². The SMILES string of the molecule is CC(C)=CCC[C@](C)(O[C@@H]1O[C@H](CO)[C@@H](O)[C@H](O)[C@H]1O)[C@H]1CC[C@]2(C)[C@@H]1[C@H](O)C[C@@H]1[C@@]3(C)CC[C@H](O[C@@H]4O[C@H](CO)[C@@H](O)[C@H](O)[C@H]4O[C@@H]4O[C@H](CO)[C@@H](O)[C@H](O)[C@H]4O)C(C)(C)[C@@H]3CC[C@]12C.CC(C)=CCC[C@](C)(O[C@@H]1O[C@H](CO[C@@H]2O[C@H](CO)[C@@H](O)[C@H](O)[C@H]2O)[C@@H](O)[C@H](O)[C@H]1O)[C@H]1CC[C@]2(C)[C@@H]1[C@H](O)C[C@@H]1[C@@]3(C)CC[C@H](O[C@@H]4O[C@H](CO)[C@@H](O)[C@H](O)[C@H]4O[C@@H]4O[C@H](CO)[C@@H](O)[C@H](O)[C@H]4O)C(C)(C)[C@@H]3CC[C@]12C. The third-order valence-electron chi connectivity index (χ3n) is 39.7. The lowest BCUT2D eigenvalue weighted by Crippen LogP contribution is -2.68. The molecule has 7 aliphatic heterocycles. The molecule has 0 unspecified atom stereocenters. The summed E-state index contributed by atoms with van der Waals surface area (Å²) in [5.41, 5.74) is -2.71. The topological polar surface area (TPSA) is 675 Å². The highest BCUT2D eigenvalue weighted by Crippen LogP contribution is 2.79. The van der Waals surface area contributed by atoms with Gasteiger partial charge in [-0.1, -0.05) is 92.5 Å². The summed E-state index contributed by atoms with van der Waals surface area (Å²) in [6, 6.07) is 0. The molecule has 828 valence electrons. The zero-order valence-electron chi connectivity index (χ0n) is 85.8. The van der Waals surface area contributed by atoms with E-state index in [9.17, 15) is 138 Å². The van der Waals surface area contributed by atoms with E-state index in [0.717, 1.165) is 62.5 Å². The van der Waals surface area contributed by atoms with Crippen LogP contribution in [0.3, 0.4) is 0 Å². The number of aliphatic hydroxyl groups excluding tert-OH is 27. The van der Waals surface area contributed by atoms with Gasteiger partial charge in [0.25, 0.3) is 0 Å².